The molecule has 1 aliphatic heterocycles. The second-order valence-electron chi connectivity index (χ2n) is 9.46. The van der Waals surface area contributed by atoms with E-state index in [1.165, 1.54) is 0 Å². The number of alkyl carbamates (subject to hydrolysis) is 1. The molecule has 0 spiro atoms. The van der Waals surface area contributed by atoms with E-state index in [1.807, 2.05) is 12.1 Å². The molecule has 1 saturated carbocycles. The summed E-state index contributed by atoms with van der Waals surface area (Å²) in [7, 11) is 0. The zero-order valence-electron chi connectivity index (χ0n) is 19.3. The number of hydrogen-bond acceptors (Lipinski definition) is 4. The lowest BCUT2D eigenvalue weighted by atomic mass is 9.77. The molecule has 0 radical (unpaired) electrons. The summed E-state index contributed by atoms with van der Waals surface area (Å²) < 4.78 is 44.1. The lowest BCUT2D eigenvalue weighted by Gasteiger charge is -2.39. The van der Waals surface area contributed by atoms with E-state index in [0.717, 1.165) is 81.4 Å². The van der Waals surface area contributed by atoms with E-state index in [9.17, 15) is 18.0 Å². The molecule has 2 aliphatic rings. The number of hydrogen-bond donors (Lipinski definition) is 1. The Balaban J connectivity index is 1.30. The molecule has 1 N–H and O–H groups in total. The maximum atomic E-state index is 12.9. The molecule has 1 aliphatic carbocycles. The van der Waals surface area contributed by atoms with Crippen molar-refractivity contribution in [1.29, 1.82) is 0 Å². The van der Waals surface area contributed by atoms with Crippen molar-refractivity contribution in [3.63, 3.8) is 0 Å². The van der Waals surface area contributed by atoms with E-state index in [2.05, 4.69) is 15.2 Å². The SMILES string of the molecule is O=C(N[C@@H]1CCCC[C@H]1C[C@H]1CCCN(c2ccc(C(F)(F)F)cc2)C1)OCc1ccncc1. The first-order chi connectivity index (χ1) is 16.4. The number of ether oxygens (including phenoxy) is 1. The van der Waals surface area contributed by atoms with Crippen LogP contribution in [0, 0.1) is 11.8 Å². The first-order valence-corrected chi connectivity index (χ1v) is 12.1. The molecule has 34 heavy (non-hydrogen) atoms. The normalized spacial score (nSPS) is 23.4. The largest absolute Gasteiger partial charge is 0.445 e. The van der Waals surface area contributed by atoms with Crippen molar-refractivity contribution in [2.75, 3.05) is 18.0 Å². The van der Waals surface area contributed by atoms with Crippen LogP contribution in [0.15, 0.2) is 48.8 Å². The lowest BCUT2D eigenvalue weighted by Crippen LogP contribution is -2.44. The molecule has 1 amide bonds. The van der Waals surface area contributed by atoms with Gasteiger partial charge in [-0.05, 0) is 85.9 Å². The first-order valence-electron chi connectivity index (χ1n) is 12.1. The third-order valence-corrected chi connectivity index (χ3v) is 7.05. The molecule has 1 aromatic heterocycles. The summed E-state index contributed by atoms with van der Waals surface area (Å²) in [6.07, 6.45) is 6.05. The van der Waals surface area contributed by atoms with Crippen molar-refractivity contribution >= 4 is 11.8 Å². The number of amides is 1. The van der Waals surface area contributed by atoms with Crippen LogP contribution < -0.4 is 10.2 Å². The van der Waals surface area contributed by atoms with Crippen LogP contribution in [0.2, 0.25) is 0 Å². The molecule has 0 unspecified atom stereocenters. The minimum atomic E-state index is -4.31. The van der Waals surface area contributed by atoms with Crippen LogP contribution in [0.5, 0.6) is 0 Å². The van der Waals surface area contributed by atoms with Crippen molar-refractivity contribution in [2.24, 2.45) is 11.8 Å². The molecule has 1 aromatic carbocycles. The number of nitrogens with one attached hydrogen (secondary N) is 1. The van der Waals surface area contributed by atoms with Gasteiger partial charge in [-0.1, -0.05) is 12.8 Å². The molecular formula is C26H32F3N3O2. The average molecular weight is 476 g/mol. The van der Waals surface area contributed by atoms with Crippen molar-refractivity contribution in [3.8, 4) is 0 Å². The fraction of sp³-hybridized carbons (Fsp3) is 0.538. The van der Waals surface area contributed by atoms with Crippen LogP contribution in [0.1, 0.15) is 56.1 Å². The minimum absolute atomic E-state index is 0.0973. The Morgan fingerprint density at radius 3 is 2.50 bits per heavy atom. The summed E-state index contributed by atoms with van der Waals surface area (Å²) in [5.74, 6) is 0.844. The van der Waals surface area contributed by atoms with E-state index in [0.29, 0.717) is 11.8 Å². The highest BCUT2D eigenvalue weighted by molar-refractivity contribution is 5.67. The van der Waals surface area contributed by atoms with E-state index >= 15 is 0 Å². The topological polar surface area (TPSA) is 54.5 Å². The number of pyridine rings is 1. The molecule has 3 atom stereocenters. The third kappa shape index (κ3) is 6.64. The van der Waals surface area contributed by atoms with Gasteiger partial charge >= 0.3 is 12.3 Å². The number of carbonyl (C=O) groups is 1. The first kappa shape index (κ1) is 24.4. The van der Waals surface area contributed by atoms with Gasteiger partial charge in [0, 0.05) is 37.2 Å². The number of piperidine rings is 1. The highest BCUT2D eigenvalue weighted by Gasteiger charge is 2.32. The Hall–Kier alpha value is -2.77. The van der Waals surface area contributed by atoms with Gasteiger partial charge in [0.15, 0.2) is 0 Å². The predicted molar refractivity (Wildman–Crippen MR) is 124 cm³/mol. The molecule has 2 fully saturated rings. The second kappa shape index (κ2) is 11.1. The molecular weight excluding hydrogens is 443 g/mol. The number of alkyl halides is 3. The molecule has 2 aromatic rings. The zero-order chi connectivity index (χ0) is 24.0. The van der Waals surface area contributed by atoms with Crippen LogP contribution in [0.4, 0.5) is 23.7 Å². The zero-order valence-corrected chi connectivity index (χ0v) is 19.3. The number of benzene rings is 1. The Bertz CT molecular complexity index is 921. The fourth-order valence-corrected chi connectivity index (χ4v) is 5.28. The number of rotatable bonds is 6. The van der Waals surface area contributed by atoms with Gasteiger partial charge in [-0.25, -0.2) is 4.79 Å². The van der Waals surface area contributed by atoms with Gasteiger partial charge in [-0.15, -0.1) is 0 Å². The van der Waals surface area contributed by atoms with Gasteiger partial charge in [0.25, 0.3) is 0 Å². The van der Waals surface area contributed by atoms with Gasteiger partial charge in [0.2, 0.25) is 0 Å². The Morgan fingerprint density at radius 1 is 1.03 bits per heavy atom. The number of aromatic nitrogens is 1. The van der Waals surface area contributed by atoms with Crippen LogP contribution in [0.25, 0.3) is 0 Å². The van der Waals surface area contributed by atoms with E-state index in [1.54, 1.807) is 24.5 Å². The van der Waals surface area contributed by atoms with Crippen LogP contribution in [-0.4, -0.2) is 30.2 Å². The number of nitrogens with zero attached hydrogens (tertiary/aromatic N) is 2. The standard InChI is InChI=1S/C26H32F3N3O2/c27-26(28,29)22-7-9-23(10-8-22)32-15-3-4-20(17-32)16-21-5-1-2-6-24(21)31-25(33)34-18-19-11-13-30-14-12-19/h7-14,20-21,24H,1-6,15-18H2,(H,31,33)/t20-,21+,24-/m1/s1. The van der Waals surface area contributed by atoms with Gasteiger partial charge in [-0.3, -0.25) is 4.98 Å². The molecule has 5 nitrogen and oxygen atoms in total. The fourth-order valence-electron chi connectivity index (χ4n) is 5.28. The summed E-state index contributed by atoms with van der Waals surface area (Å²) in [6, 6.07) is 9.23. The maximum absolute atomic E-state index is 12.9. The Morgan fingerprint density at radius 2 is 1.76 bits per heavy atom. The summed E-state index contributed by atoms with van der Waals surface area (Å²) in [5.41, 5.74) is 1.13. The summed E-state index contributed by atoms with van der Waals surface area (Å²) in [4.78, 5) is 18.6. The highest BCUT2D eigenvalue weighted by Crippen LogP contribution is 2.35. The van der Waals surface area contributed by atoms with Gasteiger partial charge in [0.1, 0.15) is 6.61 Å². The highest BCUT2D eigenvalue weighted by atomic mass is 19.4. The molecule has 4 rings (SSSR count). The van der Waals surface area contributed by atoms with Crippen molar-refractivity contribution in [2.45, 2.75) is 63.8 Å². The smallest absolute Gasteiger partial charge is 0.416 e. The number of halogens is 3. The van der Waals surface area contributed by atoms with Gasteiger partial charge < -0.3 is 15.0 Å². The van der Waals surface area contributed by atoms with E-state index in [-0.39, 0.29) is 18.7 Å². The van der Waals surface area contributed by atoms with Gasteiger partial charge in [0.05, 0.1) is 5.56 Å². The quantitative estimate of drug-likeness (QED) is 0.541. The second-order valence-corrected chi connectivity index (χ2v) is 9.46. The third-order valence-electron chi connectivity index (χ3n) is 7.05. The van der Waals surface area contributed by atoms with E-state index in [4.69, 9.17) is 4.74 Å². The molecule has 184 valence electrons. The average Bonchev–Trinajstić information content (AvgIpc) is 2.84. The van der Waals surface area contributed by atoms with Gasteiger partial charge in [-0.2, -0.15) is 13.2 Å². The van der Waals surface area contributed by atoms with Crippen molar-refractivity contribution < 1.29 is 22.7 Å². The summed E-state index contributed by atoms with van der Waals surface area (Å²) in [6.45, 7) is 1.91. The van der Waals surface area contributed by atoms with Crippen LogP contribution >= 0.6 is 0 Å². The Kier molecular flexibility index (Phi) is 7.95. The molecule has 2 heterocycles. The summed E-state index contributed by atoms with van der Waals surface area (Å²) >= 11 is 0. The molecule has 8 heteroatoms. The lowest BCUT2D eigenvalue weighted by molar-refractivity contribution is -0.137. The molecule has 0 bridgehead atoms. The van der Waals surface area contributed by atoms with Crippen molar-refractivity contribution in [1.82, 2.24) is 10.3 Å². The molecule has 1 saturated heterocycles. The predicted octanol–water partition coefficient (Wildman–Crippen LogP) is 6.19. The number of anilines is 1. The minimum Gasteiger partial charge on any atom is -0.445 e. The van der Waals surface area contributed by atoms with E-state index < -0.39 is 11.7 Å². The van der Waals surface area contributed by atoms with Crippen LogP contribution in [0.3, 0.4) is 0 Å². The summed E-state index contributed by atoms with van der Waals surface area (Å²) in [5, 5.41) is 3.10. The van der Waals surface area contributed by atoms with Crippen LogP contribution in [-0.2, 0) is 17.5 Å². The monoisotopic (exact) mass is 475 g/mol. The Labute approximate surface area is 198 Å². The maximum Gasteiger partial charge on any atom is 0.416 e. The number of carbonyl (C=O) groups excluding carboxylic acids is 1. The van der Waals surface area contributed by atoms with Crippen molar-refractivity contribution in [3.05, 3.63) is 59.9 Å².